The number of hydrogen-bond acceptors (Lipinski definition) is 5. The van der Waals surface area contributed by atoms with Gasteiger partial charge in [0.05, 0.1) is 43.7 Å². The number of ether oxygens (including phenoxy) is 3. The second-order valence-electron chi connectivity index (χ2n) is 8.06. The molecule has 6 nitrogen and oxygen atoms in total. The molecule has 30 heavy (non-hydrogen) atoms. The molecule has 5 rings (SSSR count). The van der Waals surface area contributed by atoms with E-state index in [-0.39, 0.29) is 0 Å². The monoisotopic (exact) mass is 407 g/mol. The number of benzene rings is 1. The SMILES string of the molecule is COc1cc2c(cc1OCCCN1CCCC1)[nH]c1ccnc(C3=CCOCC3)c12. The summed E-state index contributed by atoms with van der Waals surface area (Å²) < 4.78 is 17.3. The lowest BCUT2D eigenvalue weighted by molar-refractivity contribution is 0.161. The number of nitrogens with one attached hydrogen (secondary N) is 1. The largest absolute Gasteiger partial charge is 0.493 e. The lowest BCUT2D eigenvalue weighted by Gasteiger charge is -2.16. The Morgan fingerprint density at radius 1 is 1.17 bits per heavy atom. The summed E-state index contributed by atoms with van der Waals surface area (Å²) in [4.78, 5) is 10.8. The number of hydrogen-bond donors (Lipinski definition) is 1. The van der Waals surface area contributed by atoms with E-state index in [1.807, 2.05) is 12.3 Å². The number of nitrogens with zero attached hydrogens (tertiary/aromatic N) is 2. The van der Waals surface area contributed by atoms with Crippen molar-refractivity contribution >= 4 is 27.4 Å². The van der Waals surface area contributed by atoms with Gasteiger partial charge in [-0.25, -0.2) is 0 Å². The highest BCUT2D eigenvalue weighted by atomic mass is 16.5. The maximum atomic E-state index is 6.12. The molecule has 0 radical (unpaired) electrons. The highest BCUT2D eigenvalue weighted by Gasteiger charge is 2.18. The zero-order chi connectivity index (χ0) is 20.3. The third-order valence-electron chi connectivity index (χ3n) is 6.14. The molecule has 0 bridgehead atoms. The molecular weight excluding hydrogens is 378 g/mol. The van der Waals surface area contributed by atoms with E-state index < -0.39 is 0 Å². The summed E-state index contributed by atoms with van der Waals surface area (Å²) in [6.45, 7) is 5.63. The number of pyridine rings is 1. The molecule has 0 spiro atoms. The third-order valence-corrected chi connectivity index (χ3v) is 6.14. The minimum Gasteiger partial charge on any atom is -0.493 e. The average molecular weight is 408 g/mol. The number of likely N-dealkylation sites (tertiary alicyclic amines) is 1. The standard InChI is InChI=1S/C24H29N3O3/c1-28-21-15-18-20(16-22(21)30-12-4-11-27-9-2-3-10-27)26-19-5-8-25-24(23(18)19)17-6-13-29-14-7-17/h5-6,8,15-16,26H,2-4,7,9-14H2,1H3. The highest BCUT2D eigenvalue weighted by molar-refractivity contribution is 6.12. The molecule has 3 aromatic rings. The number of aromatic amines is 1. The van der Waals surface area contributed by atoms with E-state index in [1.165, 1.54) is 31.5 Å². The fourth-order valence-corrected chi connectivity index (χ4v) is 4.59. The summed E-state index contributed by atoms with van der Waals surface area (Å²) in [5.74, 6) is 1.55. The van der Waals surface area contributed by atoms with Crippen LogP contribution in [0.5, 0.6) is 11.5 Å². The molecule has 0 amide bonds. The Kier molecular flexibility index (Phi) is 5.60. The van der Waals surface area contributed by atoms with Crippen molar-refractivity contribution in [2.24, 2.45) is 0 Å². The van der Waals surface area contributed by atoms with Gasteiger partial charge in [-0.15, -0.1) is 0 Å². The van der Waals surface area contributed by atoms with Gasteiger partial charge in [-0.1, -0.05) is 6.08 Å². The van der Waals surface area contributed by atoms with Crippen molar-refractivity contribution in [1.29, 1.82) is 0 Å². The van der Waals surface area contributed by atoms with Crippen molar-refractivity contribution in [3.8, 4) is 11.5 Å². The van der Waals surface area contributed by atoms with Gasteiger partial charge in [-0.05, 0) is 56.5 Å². The molecule has 0 aliphatic carbocycles. The molecule has 2 aliphatic heterocycles. The van der Waals surface area contributed by atoms with Gasteiger partial charge in [0.15, 0.2) is 11.5 Å². The van der Waals surface area contributed by atoms with E-state index >= 15 is 0 Å². The van der Waals surface area contributed by atoms with Gasteiger partial charge >= 0.3 is 0 Å². The summed E-state index contributed by atoms with van der Waals surface area (Å²) >= 11 is 0. The van der Waals surface area contributed by atoms with Gasteiger partial charge in [0.1, 0.15) is 0 Å². The van der Waals surface area contributed by atoms with E-state index in [9.17, 15) is 0 Å². The molecule has 0 unspecified atom stereocenters. The molecule has 0 atom stereocenters. The third kappa shape index (κ3) is 3.77. The van der Waals surface area contributed by atoms with Crippen molar-refractivity contribution in [2.75, 3.05) is 46.6 Å². The minimum atomic E-state index is 0.647. The summed E-state index contributed by atoms with van der Waals surface area (Å²) in [7, 11) is 1.70. The molecule has 158 valence electrons. The Labute approximate surface area is 176 Å². The molecule has 1 N–H and O–H groups in total. The van der Waals surface area contributed by atoms with Crippen LogP contribution in [0.25, 0.3) is 27.4 Å². The predicted octanol–water partition coefficient (Wildman–Crippen LogP) is 4.39. The van der Waals surface area contributed by atoms with Crippen LogP contribution in [0.15, 0.2) is 30.5 Å². The summed E-state index contributed by atoms with van der Waals surface area (Å²) in [5, 5.41) is 2.25. The number of methoxy groups -OCH3 is 1. The van der Waals surface area contributed by atoms with Crippen molar-refractivity contribution in [3.63, 3.8) is 0 Å². The van der Waals surface area contributed by atoms with Gasteiger partial charge in [-0.2, -0.15) is 0 Å². The molecule has 1 fully saturated rings. The van der Waals surface area contributed by atoms with Crippen LogP contribution in [0.1, 0.15) is 31.4 Å². The fourth-order valence-electron chi connectivity index (χ4n) is 4.59. The maximum Gasteiger partial charge on any atom is 0.163 e. The van der Waals surface area contributed by atoms with Gasteiger partial charge in [0.2, 0.25) is 0 Å². The molecular formula is C24H29N3O3. The first-order chi connectivity index (χ1) is 14.8. The van der Waals surface area contributed by atoms with Crippen LogP contribution in [0, 0.1) is 0 Å². The molecule has 2 aliphatic rings. The Morgan fingerprint density at radius 2 is 2.07 bits per heavy atom. The second kappa shape index (κ2) is 8.66. The molecule has 4 heterocycles. The number of H-pyrrole nitrogens is 1. The zero-order valence-corrected chi connectivity index (χ0v) is 17.6. The van der Waals surface area contributed by atoms with E-state index in [4.69, 9.17) is 19.2 Å². The number of rotatable bonds is 7. The maximum absolute atomic E-state index is 6.12. The fraction of sp³-hybridized carbons (Fsp3) is 0.458. The quantitative estimate of drug-likeness (QED) is 0.589. The Hall–Kier alpha value is -2.57. The van der Waals surface area contributed by atoms with Crippen LogP contribution in [-0.4, -0.2) is 61.4 Å². The van der Waals surface area contributed by atoms with Crippen molar-refractivity contribution < 1.29 is 14.2 Å². The second-order valence-corrected chi connectivity index (χ2v) is 8.06. The number of aromatic nitrogens is 2. The molecule has 1 aromatic carbocycles. The van der Waals surface area contributed by atoms with Crippen molar-refractivity contribution in [1.82, 2.24) is 14.9 Å². The average Bonchev–Trinajstić information content (AvgIpc) is 3.43. The van der Waals surface area contributed by atoms with Crippen LogP contribution >= 0.6 is 0 Å². The topological polar surface area (TPSA) is 59.6 Å². The summed E-state index contributed by atoms with van der Waals surface area (Å²) in [6, 6.07) is 6.17. The Morgan fingerprint density at radius 3 is 2.87 bits per heavy atom. The molecule has 0 saturated carbocycles. The summed E-state index contributed by atoms with van der Waals surface area (Å²) in [6.07, 6.45) is 8.57. The van der Waals surface area contributed by atoms with E-state index in [0.717, 1.165) is 65.0 Å². The van der Waals surface area contributed by atoms with Crippen LogP contribution in [-0.2, 0) is 4.74 Å². The van der Waals surface area contributed by atoms with E-state index in [1.54, 1.807) is 7.11 Å². The minimum absolute atomic E-state index is 0.647. The zero-order valence-electron chi connectivity index (χ0n) is 17.6. The molecule has 2 aromatic heterocycles. The van der Waals surface area contributed by atoms with Crippen LogP contribution in [0.4, 0.5) is 0 Å². The first-order valence-corrected chi connectivity index (χ1v) is 10.9. The first kappa shape index (κ1) is 19.4. The lowest BCUT2D eigenvalue weighted by atomic mass is 10.0. The van der Waals surface area contributed by atoms with Crippen LogP contribution in [0.2, 0.25) is 0 Å². The van der Waals surface area contributed by atoms with Crippen molar-refractivity contribution in [2.45, 2.75) is 25.7 Å². The van der Waals surface area contributed by atoms with Crippen LogP contribution < -0.4 is 9.47 Å². The number of fused-ring (bicyclic) bond motifs is 3. The van der Waals surface area contributed by atoms with Gasteiger partial charge in [0, 0.05) is 29.6 Å². The van der Waals surface area contributed by atoms with E-state index in [0.29, 0.717) is 13.2 Å². The van der Waals surface area contributed by atoms with Gasteiger partial charge < -0.3 is 24.1 Å². The molecule has 6 heteroatoms. The van der Waals surface area contributed by atoms with Crippen LogP contribution in [0.3, 0.4) is 0 Å². The smallest absolute Gasteiger partial charge is 0.163 e. The van der Waals surface area contributed by atoms with E-state index in [2.05, 4.69) is 28.1 Å². The normalized spacial score (nSPS) is 17.6. The predicted molar refractivity (Wildman–Crippen MR) is 119 cm³/mol. The Bertz CT molecular complexity index is 1070. The van der Waals surface area contributed by atoms with Gasteiger partial charge in [-0.3, -0.25) is 4.98 Å². The highest BCUT2D eigenvalue weighted by Crippen LogP contribution is 2.38. The lowest BCUT2D eigenvalue weighted by Crippen LogP contribution is -2.21. The molecule has 1 saturated heterocycles. The first-order valence-electron chi connectivity index (χ1n) is 10.9. The van der Waals surface area contributed by atoms with Crippen molar-refractivity contribution in [3.05, 3.63) is 36.2 Å². The Balaban J connectivity index is 1.44. The van der Waals surface area contributed by atoms with Gasteiger partial charge in [0.25, 0.3) is 0 Å². The summed E-state index contributed by atoms with van der Waals surface area (Å²) in [5.41, 5.74) is 4.40.